The zero-order valence-corrected chi connectivity index (χ0v) is 11.9. The monoisotopic (exact) mass is 291 g/mol. The van der Waals surface area contributed by atoms with E-state index in [9.17, 15) is 8.42 Å². The molecule has 0 spiro atoms. The molecule has 1 fully saturated rings. The van der Waals surface area contributed by atoms with Crippen molar-refractivity contribution in [2.75, 3.05) is 5.88 Å². The fourth-order valence-electron chi connectivity index (χ4n) is 2.31. The van der Waals surface area contributed by atoms with Gasteiger partial charge in [0.2, 0.25) is 0 Å². The van der Waals surface area contributed by atoms with E-state index < -0.39 is 15.6 Å². The van der Waals surface area contributed by atoms with Gasteiger partial charge in [-0.1, -0.05) is 19.8 Å². The highest BCUT2D eigenvalue weighted by Gasteiger charge is 2.37. The van der Waals surface area contributed by atoms with E-state index in [0.717, 1.165) is 25.7 Å². The minimum Gasteiger partial charge on any atom is -0.332 e. The summed E-state index contributed by atoms with van der Waals surface area (Å²) in [6, 6.07) is 0. The summed E-state index contributed by atoms with van der Waals surface area (Å²) in [6.45, 7) is 1.92. The summed E-state index contributed by atoms with van der Waals surface area (Å²) in [5.74, 6) is 0.975. The standard InChI is InChI=1S/C11H18ClN3O2S/c1-2-9-13-7-10(14-9)18(16,17)15-11(8-12)5-3-4-6-11/h7,15H,2-6,8H2,1H3,(H,13,14). The summed E-state index contributed by atoms with van der Waals surface area (Å²) in [5, 5.41) is 0.121. The third kappa shape index (κ3) is 2.70. The summed E-state index contributed by atoms with van der Waals surface area (Å²) < 4.78 is 27.2. The number of rotatable bonds is 5. The Morgan fingerprint density at radius 2 is 2.17 bits per heavy atom. The van der Waals surface area contributed by atoms with E-state index in [-0.39, 0.29) is 5.03 Å². The smallest absolute Gasteiger partial charge is 0.258 e. The predicted octanol–water partition coefficient (Wildman–Crippen LogP) is 1.80. The molecule has 2 N–H and O–H groups in total. The van der Waals surface area contributed by atoms with E-state index in [0.29, 0.717) is 18.1 Å². The fraction of sp³-hybridized carbons (Fsp3) is 0.727. The number of halogens is 1. The van der Waals surface area contributed by atoms with Gasteiger partial charge in [-0.25, -0.2) is 18.1 Å². The molecule has 0 saturated heterocycles. The number of nitrogens with one attached hydrogen (secondary N) is 2. The molecule has 1 aliphatic carbocycles. The van der Waals surface area contributed by atoms with Crippen molar-refractivity contribution >= 4 is 21.6 Å². The molecule has 0 unspecified atom stereocenters. The van der Waals surface area contributed by atoms with E-state index in [1.54, 1.807) is 0 Å². The van der Waals surface area contributed by atoms with Gasteiger partial charge in [0, 0.05) is 17.8 Å². The van der Waals surface area contributed by atoms with Gasteiger partial charge in [0.05, 0.1) is 6.20 Å². The Morgan fingerprint density at radius 1 is 1.50 bits per heavy atom. The quantitative estimate of drug-likeness (QED) is 0.812. The summed E-state index contributed by atoms with van der Waals surface area (Å²) in [5.41, 5.74) is -0.488. The first-order valence-corrected chi connectivity index (χ1v) is 8.17. The first-order chi connectivity index (χ1) is 8.51. The summed E-state index contributed by atoms with van der Waals surface area (Å²) in [4.78, 5) is 6.83. The molecule has 1 saturated carbocycles. The molecule has 102 valence electrons. The molecule has 1 heterocycles. The highest BCUT2D eigenvalue weighted by molar-refractivity contribution is 7.89. The number of hydrogen-bond donors (Lipinski definition) is 2. The number of nitrogens with zero attached hydrogens (tertiary/aromatic N) is 1. The van der Waals surface area contributed by atoms with Crippen LogP contribution in [0.2, 0.25) is 0 Å². The van der Waals surface area contributed by atoms with E-state index in [4.69, 9.17) is 11.6 Å². The van der Waals surface area contributed by atoms with Crippen LogP contribution in [0, 0.1) is 0 Å². The SMILES string of the molecule is CCc1ncc(S(=O)(=O)NC2(CCl)CCCC2)[nH]1. The molecule has 0 aromatic carbocycles. The summed E-state index contributed by atoms with van der Waals surface area (Å²) in [7, 11) is -3.56. The van der Waals surface area contributed by atoms with Crippen molar-refractivity contribution in [2.24, 2.45) is 0 Å². The van der Waals surface area contributed by atoms with Gasteiger partial charge in [-0.3, -0.25) is 0 Å². The van der Waals surface area contributed by atoms with Gasteiger partial charge in [-0.05, 0) is 12.8 Å². The lowest BCUT2D eigenvalue weighted by atomic mass is 10.0. The van der Waals surface area contributed by atoms with Gasteiger partial charge in [0.15, 0.2) is 5.03 Å². The van der Waals surface area contributed by atoms with Crippen LogP contribution in [0.1, 0.15) is 38.4 Å². The second-order valence-electron chi connectivity index (χ2n) is 4.77. The largest absolute Gasteiger partial charge is 0.332 e. The normalized spacial score (nSPS) is 19.2. The van der Waals surface area contributed by atoms with Crippen LogP contribution in [0.4, 0.5) is 0 Å². The highest BCUT2D eigenvalue weighted by Crippen LogP contribution is 2.32. The fourth-order valence-corrected chi connectivity index (χ4v) is 4.13. The first-order valence-electron chi connectivity index (χ1n) is 6.15. The third-order valence-corrected chi connectivity index (χ3v) is 5.40. The number of aromatic nitrogens is 2. The van der Waals surface area contributed by atoms with Gasteiger partial charge in [0.25, 0.3) is 10.0 Å². The maximum atomic E-state index is 12.2. The maximum Gasteiger partial charge on any atom is 0.258 e. The number of sulfonamides is 1. The molecular weight excluding hydrogens is 274 g/mol. The molecule has 18 heavy (non-hydrogen) atoms. The Kier molecular flexibility index (Phi) is 3.99. The highest BCUT2D eigenvalue weighted by atomic mass is 35.5. The number of alkyl halides is 1. The Labute approximate surface area is 112 Å². The lowest BCUT2D eigenvalue weighted by Gasteiger charge is -2.26. The second-order valence-corrected chi connectivity index (χ2v) is 6.69. The molecule has 1 aromatic rings. The number of imidazole rings is 1. The van der Waals surface area contributed by atoms with Gasteiger partial charge >= 0.3 is 0 Å². The van der Waals surface area contributed by atoms with Crippen LogP contribution in [0.15, 0.2) is 11.2 Å². The average molecular weight is 292 g/mol. The molecule has 0 radical (unpaired) electrons. The molecule has 0 bridgehead atoms. The lowest BCUT2D eigenvalue weighted by molar-refractivity contribution is 0.432. The van der Waals surface area contributed by atoms with Crippen LogP contribution in [-0.2, 0) is 16.4 Å². The Balaban J connectivity index is 2.21. The Morgan fingerprint density at radius 3 is 2.67 bits per heavy atom. The van der Waals surface area contributed by atoms with E-state index in [1.807, 2.05) is 6.92 Å². The maximum absolute atomic E-state index is 12.2. The summed E-state index contributed by atoms with van der Waals surface area (Å²) in [6.07, 6.45) is 5.65. The molecule has 0 aliphatic heterocycles. The van der Waals surface area contributed by atoms with E-state index in [1.165, 1.54) is 6.20 Å². The van der Waals surface area contributed by atoms with Crippen molar-refractivity contribution in [1.29, 1.82) is 0 Å². The zero-order chi connectivity index (χ0) is 13.2. The third-order valence-electron chi connectivity index (χ3n) is 3.40. The predicted molar refractivity (Wildman–Crippen MR) is 70.2 cm³/mol. The number of aromatic amines is 1. The topological polar surface area (TPSA) is 74.8 Å². The van der Waals surface area contributed by atoms with Gasteiger partial charge in [-0.15, -0.1) is 11.6 Å². The number of H-pyrrole nitrogens is 1. The van der Waals surface area contributed by atoms with Crippen molar-refractivity contribution < 1.29 is 8.42 Å². The van der Waals surface area contributed by atoms with Crippen LogP contribution in [0.3, 0.4) is 0 Å². The molecule has 1 aliphatic rings. The first kappa shape index (κ1) is 13.8. The molecule has 2 rings (SSSR count). The molecule has 0 atom stereocenters. The summed E-state index contributed by atoms with van der Waals surface area (Å²) >= 11 is 5.94. The van der Waals surface area contributed by atoms with Crippen molar-refractivity contribution in [3.05, 3.63) is 12.0 Å². The van der Waals surface area contributed by atoms with Crippen molar-refractivity contribution in [3.8, 4) is 0 Å². The van der Waals surface area contributed by atoms with Crippen LogP contribution in [0.5, 0.6) is 0 Å². The Hall–Kier alpha value is -0.590. The molecule has 7 heteroatoms. The Bertz CT molecular complexity index is 506. The molecule has 1 aromatic heterocycles. The number of aryl methyl sites for hydroxylation is 1. The van der Waals surface area contributed by atoms with Crippen molar-refractivity contribution in [2.45, 2.75) is 49.6 Å². The van der Waals surface area contributed by atoms with Gasteiger partial charge in [-0.2, -0.15) is 0 Å². The average Bonchev–Trinajstić information content (AvgIpc) is 2.97. The van der Waals surface area contributed by atoms with Crippen LogP contribution in [0.25, 0.3) is 0 Å². The minimum atomic E-state index is -3.56. The van der Waals surface area contributed by atoms with Crippen LogP contribution in [-0.4, -0.2) is 29.8 Å². The van der Waals surface area contributed by atoms with Gasteiger partial charge < -0.3 is 4.98 Å². The van der Waals surface area contributed by atoms with E-state index >= 15 is 0 Å². The van der Waals surface area contributed by atoms with Crippen LogP contribution >= 0.6 is 11.6 Å². The van der Waals surface area contributed by atoms with E-state index in [2.05, 4.69) is 14.7 Å². The second kappa shape index (κ2) is 5.19. The van der Waals surface area contributed by atoms with Crippen LogP contribution < -0.4 is 4.72 Å². The molecule has 5 nitrogen and oxygen atoms in total. The van der Waals surface area contributed by atoms with Crippen molar-refractivity contribution in [3.63, 3.8) is 0 Å². The molecular formula is C11H18ClN3O2S. The number of hydrogen-bond acceptors (Lipinski definition) is 3. The van der Waals surface area contributed by atoms with Gasteiger partial charge in [0.1, 0.15) is 5.82 Å². The lowest BCUT2D eigenvalue weighted by Crippen LogP contribution is -2.47. The molecule has 0 amide bonds. The van der Waals surface area contributed by atoms with Crippen molar-refractivity contribution in [1.82, 2.24) is 14.7 Å². The zero-order valence-electron chi connectivity index (χ0n) is 10.4. The minimum absolute atomic E-state index is 0.121.